The molecule has 4 heteroatoms. The first-order valence-corrected chi connectivity index (χ1v) is 16.3. The maximum absolute atomic E-state index is 12.4. The number of ether oxygens (including phenoxy) is 1. The predicted molar refractivity (Wildman–Crippen MR) is 172 cm³/mol. The van der Waals surface area contributed by atoms with Crippen LogP contribution in [0.2, 0.25) is 0 Å². The number of carboxylic acid groups (broad SMARTS) is 1. The summed E-state index contributed by atoms with van der Waals surface area (Å²) in [5.41, 5.74) is 0. The molecule has 0 radical (unpaired) electrons. The normalized spacial score (nSPS) is 13.1. The fraction of sp³-hybridized carbons (Fsp3) is 0.667. The molecule has 228 valence electrons. The summed E-state index contributed by atoms with van der Waals surface area (Å²) in [5, 5.41) is 8.93. The fourth-order valence-electron chi connectivity index (χ4n) is 4.39. The average Bonchev–Trinajstić information content (AvgIpc) is 2.93. The van der Waals surface area contributed by atoms with Crippen LogP contribution >= 0.6 is 0 Å². The molecule has 1 atom stereocenters. The quantitative estimate of drug-likeness (QED) is 0.0591. The van der Waals surface area contributed by atoms with Gasteiger partial charge in [0, 0.05) is 12.8 Å². The van der Waals surface area contributed by atoms with Crippen molar-refractivity contribution >= 4 is 11.9 Å². The van der Waals surface area contributed by atoms with Crippen molar-refractivity contribution in [3.05, 3.63) is 60.8 Å². The van der Waals surface area contributed by atoms with Gasteiger partial charge in [-0.3, -0.25) is 9.59 Å². The van der Waals surface area contributed by atoms with Crippen molar-refractivity contribution in [2.75, 3.05) is 0 Å². The summed E-state index contributed by atoms with van der Waals surface area (Å²) >= 11 is 0. The van der Waals surface area contributed by atoms with Crippen molar-refractivity contribution in [1.82, 2.24) is 0 Å². The van der Waals surface area contributed by atoms with Crippen LogP contribution in [0.25, 0.3) is 0 Å². The Morgan fingerprint density at radius 3 is 1.65 bits per heavy atom. The number of carboxylic acids is 1. The van der Waals surface area contributed by atoms with Gasteiger partial charge in [-0.25, -0.2) is 0 Å². The van der Waals surface area contributed by atoms with Crippen molar-refractivity contribution in [3.63, 3.8) is 0 Å². The molecule has 40 heavy (non-hydrogen) atoms. The van der Waals surface area contributed by atoms with Gasteiger partial charge in [0.2, 0.25) is 0 Å². The maximum atomic E-state index is 12.4. The van der Waals surface area contributed by atoms with Crippen LogP contribution < -0.4 is 0 Å². The van der Waals surface area contributed by atoms with Crippen LogP contribution in [0.5, 0.6) is 0 Å². The minimum Gasteiger partial charge on any atom is -0.481 e. The summed E-state index contributed by atoms with van der Waals surface area (Å²) in [7, 11) is 0. The van der Waals surface area contributed by atoms with Gasteiger partial charge >= 0.3 is 11.9 Å². The molecule has 0 saturated carbocycles. The van der Waals surface area contributed by atoms with Gasteiger partial charge in [-0.2, -0.15) is 0 Å². The van der Waals surface area contributed by atoms with Crippen molar-refractivity contribution in [3.8, 4) is 0 Å². The zero-order valence-corrected chi connectivity index (χ0v) is 25.9. The third-order valence-electron chi connectivity index (χ3n) is 6.75. The Morgan fingerprint density at radius 1 is 0.575 bits per heavy atom. The highest BCUT2D eigenvalue weighted by molar-refractivity contribution is 5.69. The van der Waals surface area contributed by atoms with E-state index in [2.05, 4.69) is 74.6 Å². The molecule has 0 bridgehead atoms. The molecule has 1 unspecified atom stereocenters. The summed E-state index contributed by atoms with van der Waals surface area (Å²) < 4.78 is 5.75. The van der Waals surface area contributed by atoms with E-state index in [4.69, 9.17) is 9.84 Å². The number of carbonyl (C=O) groups excluding carboxylic acids is 1. The highest BCUT2D eigenvalue weighted by atomic mass is 16.5. The van der Waals surface area contributed by atoms with Gasteiger partial charge in [-0.05, 0) is 77.0 Å². The van der Waals surface area contributed by atoms with Gasteiger partial charge in [0.1, 0.15) is 6.10 Å². The zero-order valence-electron chi connectivity index (χ0n) is 25.9. The monoisotopic (exact) mass is 556 g/mol. The van der Waals surface area contributed by atoms with E-state index in [0.29, 0.717) is 19.3 Å². The first kappa shape index (κ1) is 37.6. The molecule has 0 aliphatic rings. The second kappa shape index (κ2) is 31.2. The molecule has 1 N–H and O–H groups in total. The molecule has 0 heterocycles. The molecule has 0 spiro atoms. The number of esters is 1. The van der Waals surface area contributed by atoms with Crippen molar-refractivity contribution in [1.29, 1.82) is 0 Å². The summed E-state index contributed by atoms with van der Waals surface area (Å²) in [6.45, 7) is 4.38. The summed E-state index contributed by atoms with van der Waals surface area (Å²) in [6.07, 6.45) is 42.3. The molecule has 0 fully saturated rings. The predicted octanol–water partition coefficient (Wildman–Crippen LogP) is 11.0. The molecule has 0 rings (SSSR count). The highest BCUT2D eigenvalue weighted by Gasteiger charge is 2.15. The SMILES string of the molecule is CC/C=C\C/C=C\C/C=C\C/C=C\C/C=C\CCCCCC(=O)OC(CCCCCCCCC)CCCC(=O)O. The van der Waals surface area contributed by atoms with Gasteiger partial charge in [0.05, 0.1) is 0 Å². The smallest absolute Gasteiger partial charge is 0.306 e. The first-order chi connectivity index (χ1) is 19.6. The molecular formula is C36H60O4. The van der Waals surface area contributed by atoms with Crippen molar-refractivity contribution in [2.45, 2.75) is 155 Å². The van der Waals surface area contributed by atoms with Crippen LogP contribution in [0.3, 0.4) is 0 Å². The van der Waals surface area contributed by atoms with Crippen LogP contribution in [0.15, 0.2) is 60.8 Å². The number of allylic oxidation sites excluding steroid dienone is 10. The largest absolute Gasteiger partial charge is 0.481 e. The Bertz CT molecular complexity index is 729. The minimum absolute atomic E-state index is 0.127. The number of hydrogen-bond donors (Lipinski definition) is 1. The first-order valence-electron chi connectivity index (χ1n) is 16.3. The van der Waals surface area contributed by atoms with Crippen LogP contribution in [0.4, 0.5) is 0 Å². The van der Waals surface area contributed by atoms with E-state index < -0.39 is 5.97 Å². The zero-order chi connectivity index (χ0) is 29.4. The highest BCUT2D eigenvalue weighted by Crippen LogP contribution is 2.17. The second-order valence-electron chi connectivity index (χ2n) is 10.6. The molecule has 0 aliphatic heterocycles. The molecule has 0 aliphatic carbocycles. The lowest BCUT2D eigenvalue weighted by atomic mass is 10.0. The topological polar surface area (TPSA) is 63.6 Å². The van der Waals surface area contributed by atoms with Crippen LogP contribution in [0, 0.1) is 0 Å². The van der Waals surface area contributed by atoms with Crippen LogP contribution in [-0.2, 0) is 14.3 Å². The number of aliphatic carboxylic acids is 1. The number of rotatable bonds is 28. The van der Waals surface area contributed by atoms with Crippen LogP contribution in [0.1, 0.15) is 149 Å². The van der Waals surface area contributed by atoms with Gasteiger partial charge in [-0.1, -0.05) is 120 Å². The lowest BCUT2D eigenvalue weighted by Gasteiger charge is -2.18. The van der Waals surface area contributed by atoms with E-state index in [1.54, 1.807) is 0 Å². The van der Waals surface area contributed by atoms with E-state index in [0.717, 1.165) is 77.0 Å². The third kappa shape index (κ3) is 30.2. The molecule has 0 amide bonds. The standard InChI is InChI=1S/C36H60O4/c1-3-5-7-9-11-12-13-14-15-16-17-18-19-20-21-22-24-26-28-33-36(39)40-34(31-29-32-35(37)38)30-27-25-23-10-8-6-4-2/h5,7,11-12,14-15,17-18,20-21,34H,3-4,6,8-10,13,16,19,22-33H2,1-2H3,(H,37,38)/b7-5-,12-11-,15-14-,18-17-,21-20-. The molecule has 4 nitrogen and oxygen atoms in total. The van der Waals surface area contributed by atoms with Crippen molar-refractivity contribution < 1.29 is 19.4 Å². The lowest BCUT2D eigenvalue weighted by Crippen LogP contribution is -2.18. The Labute approximate surface area is 246 Å². The summed E-state index contributed by atoms with van der Waals surface area (Å²) in [5.74, 6) is -0.910. The van der Waals surface area contributed by atoms with Crippen LogP contribution in [-0.4, -0.2) is 23.1 Å². The summed E-state index contributed by atoms with van der Waals surface area (Å²) in [4.78, 5) is 23.2. The average molecular weight is 557 g/mol. The van der Waals surface area contributed by atoms with E-state index in [1.807, 2.05) is 0 Å². The van der Waals surface area contributed by atoms with Gasteiger partial charge in [0.15, 0.2) is 0 Å². The molecular weight excluding hydrogens is 496 g/mol. The lowest BCUT2D eigenvalue weighted by molar-refractivity contribution is -0.150. The van der Waals surface area contributed by atoms with E-state index in [-0.39, 0.29) is 18.5 Å². The third-order valence-corrected chi connectivity index (χ3v) is 6.75. The Kier molecular flexibility index (Phi) is 29.3. The van der Waals surface area contributed by atoms with E-state index >= 15 is 0 Å². The number of hydrogen-bond acceptors (Lipinski definition) is 3. The molecule has 0 aromatic heterocycles. The maximum Gasteiger partial charge on any atom is 0.306 e. The fourth-order valence-corrected chi connectivity index (χ4v) is 4.39. The van der Waals surface area contributed by atoms with Crippen molar-refractivity contribution in [2.24, 2.45) is 0 Å². The minimum atomic E-state index is -0.784. The molecule has 0 saturated heterocycles. The Hall–Kier alpha value is -2.36. The second-order valence-corrected chi connectivity index (χ2v) is 10.6. The Morgan fingerprint density at radius 2 is 1.07 bits per heavy atom. The number of carbonyl (C=O) groups is 2. The van der Waals surface area contributed by atoms with Gasteiger partial charge in [-0.15, -0.1) is 0 Å². The van der Waals surface area contributed by atoms with E-state index in [1.165, 1.54) is 32.1 Å². The Balaban J connectivity index is 3.91. The summed E-state index contributed by atoms with van der Waals surface area (Å²) in [6, 6.07) is 0. The number of unbranched alkanes of at least 4 members (excludes halogenated alkanes) is 9. The van der Waals surface area contributed by atoms with Gasteiger partial charge < -0.3 is 9.84 Å². The van der Waals surface area contributed by atoms with Gasteiger partial charge in [0.25, 0.3) is 0 Å². The van der Waals surface area contributed by atoms with E-state index in [9.17, 15) is 9.59 Å². The molecule has 0 aromatic carbocycles. The molecule has 0 aromatic rings.